The molecule has 0 saturated carbocycles. The highest BCUT2D eigenvalue weighted by Gasteiger charge is 2.21. The Hall–Kier alpha value is -1.62. The summed E-state index contributed by atoms with van der Waals surface area (Å²) in [6, 6.07) is 6.87. The zero-order chi connectivity index (χ0) is 14.5. The third kappa shape index (κ3) is 3.93. The molecule has 110 valence electrons. The molecular formula is C15H21FN2O2. The number of carboxylic acid groups (broad SMARTS) is 1. The first-order valence-corrected chi connectivity index (χ1v) is 7.02. The Kier molecular flexibility index (Phi) is 4.95. The summed E-state index contributed by atoms with van der Waals surface area (Å²) >= 11 is 0. The molecule has 1 fully saturated rings. The first-order chi connectivity index (χ1) is 9.56. The summed E-state index contributed by atoms with van der Waals surface area (Å²) in [6.45, 7) is 5.69. The lowest BCUT2D eigenvalue weighted by molar-refractivity contribution is -0.137. The summed E-state index contributed by atoms with van der Waals surface area (Å²) < 4.78 is 12.9. The van der Waals surface area contributed by atoms with Crippen LogP contribution in [0.3, 0.4) is 0 Å². The Morgan fingerprint density at radius 3 is 2.40 bits per heavy atom. The summed E-state index contributed by atoms with van der Waals surface area (Å²) in [6.07, 6.45) is 0.908. The molecule has 1 aliphatic rings. The summed E-state index contributed by atoms with van der Waals surface area (Å²) in [5.74, 6) is -0.948. The Morgan fingerprint density at radius 2 is 1.85 bits per heavy atom. The van der Waals surface area contributed by atoms with Crippen LogP contribution in [0.15, 0.2) is 24.3 Å². The molecule has 1 saturated heterocycles. The van der Waals surface area contributed by atoms with Crippen LogP contribution in [0.4, 0.5) is 10.1 Å². The van der Waals surface area contributed by atoms with Gasteiger partial charge in [-0.1, -0.05) is 0 Å². The normalized spacial score (nSPS) is 18.0. The van der Waals surface area contributed by atoms with Gasteiger partial charge in [0.2, 0.25) is 0 Å². The number of nitrogens with zero attached hydrogens (tertiary/aromatic N) is 2. The summed E-state index contributed by atoms with van der Waals surface area (Å²) in [4.78, 5) is 15.2. The van der Waals surface area contributed by atoms with Crippen molar-refractivity contribution in [2.24, 2.45) is 0 Å². The summed E-state index contributed by atoms with van der Waals surface area (Å²) in [5, 5.41) is 8.72. The third-order valence-corrected chi connectivity index (χ3v) is 3.91. The van der Waals surface area contributed by atoms with E-state index in [9.17, 15) is 9.18 Å². The van der Waals surface area contributed by atoms with Crippen molar-refractivity contribution in [3.8, 4) is 0 Å². The van der Waals surface area contributed by atoms with Gasteiger partial charge in [-0.2, -0.15) is 0 Å². The molecule has 0 aromatic heterocycles. The third-order valence-electron chi connectivity index (χ3n) is 3.91. The fourth-order valence-electron chi connectivity index (χ4n) is 2.59. The van der Waals surface area contributed by atoms with Gasteiger partial charge in [-0.3, -0.25) is 9.69 Å². The van der Waals surface area contributed by atoms with Crippen LogP contribution in [0.2, 0.25) is 0 Å². The number of piperazine rings is 1. The SMILES string of the molecule is CC(CCC(=O)O)N1CCN(c2ccc(F)cc2)CC1. The van der Waals surface area contributed by atoms with E-state index >= 15 is 0 Å². The van der Waals surface area contributed by atoms with E-state index in [1.807, 2.05) is 0 Å². The van der Waals surface area contributed by atoms with Crippen LogP contribution in [0.5, 0.6) is 0 Å². The van der Waals surface area contributed by atoms with Gasteiger partial charge in [0.1, 0.15) is 5.82 Å². The van der Waals surface area contributed by atoms with Crippen LogP contribution < -0.4 is 4.90 Å². The number of carbonyl (C=O) groups is 1. The second-order valence-corrected chi connectivity index (χ2v) is 5.28. The molecule has 2 rings (SSSR count). The molecule has 0 amide bonds. The first kappa shape index (κ1) is 14.8. The molecule has 4 nitrogen and oxygen atoms in total. The van der Waals surface area contributed by atoms with Gasteiger partial charge < -0.3 is 10.0 Å². The molecule has 1 aromatic carbocycles. The van der Waals surface area contributed by atoms with Crippen molar-refractivity contribution in [2.75, 3.05) is 31.1 Å². The largest absolute Gasteiger partial charge is 0.481 e. The van der Waals surface area contributed by atoms with Crippen LogP contribution >= 0.6 is 0 Å². The lowest BCUT2D eigenvalue weighted by Gasteiger charge is -2.39. The molecule has 1 N–H and O–H groups in total. The number of benzene rings is 1. The minimum atomic E-state index is -0.734. The maximum Gasteiger partial charge on any atom is 0.303 e. The van der Waals surface area contributed by atoms with Crippen molar-refractivity contribution in [1.29, 1.82) is 0 Å². The molecule has 0 spiro atoms. The molecule has 0 aliphatic carbocycles. The molecule has 1 atom stereocenters. The van der Waals surface area contributed by atoms with Crippen LogP contribution in [0.1, 0.15) is 19.8 Å². The Labute approximate surface area is 118 Å². The van der Waals surface area contributed by atoms with Crippen molar-refractivity contribution in [1.82, 2.24) is 4.90 Å². The van der Waals surface area contributed by atoms with E-state index < -0.39 is 5.97 Å². The molecule has 1 unspecified atom stereocenters. The molecule has 1 aliphatic heterocycles. The average Bonchev–Trinajstić information content (AvgIpc) is 2.46. The minimum Gasteiger partial charge on any atom is -0.481 e. The number of carboxylic acids is 1. The Morgan fingerprint density at radius 1 is 1.25 bits per heavy atom. The van der Waals surface area contributed by atoms with Crippen molar-refractivity contribution in [3.63, 3.8) is 0 Å². The van der Waals surface area contributed by atoms with Gasteiger partial charge in [-0.05, 0) is 37.6 Å². The van der Waals surface area contributed by atoms with Gasteiger partial charge in [0, 0.05) is 44.3 Å². The van der Waals surface area contributed by atoms with Crippen LogP contribution in [-0.2, 0) is 4.79 Å². The fourth-order valence-corrected chi connectivity index (χ4v) is 2.59. The van der Waals surface area contributed by atoms with E-state index in [-0.39, 0.29) is 12.2 Å². The van der Waals surface area contributed by atoms with Gasteiger partial charge in [0.25, 0.3) is 0 Å². The van der Waals surface area contributed by atoms with Gasteiger partial charge >= 0.3 is 5.97 Å². The molecule has 0 radical (unpaired) electrons. The molecular weight excluding hydrogens is 259 g/mol. The van der Waals surface area contributed by atoms with E-state index in [1.165, 1.54) is 12.1 Å². The van der Waals surface area contributed by atoms with E-state index in [4.69, 9.17) is 5.11 Å². The van der Waals surface area contributed by atoms with Gasteiger partial charge in [-0.25, -0.2) is 4.39 Å². The number of hydrogen-bond acceptors (Lipinski definition) is 3. The van der Waals surface area contributed by atoms with Crippen LogP contribution in [0, 0.1) is 5.82 Å². The van der Waals surface area contributed by atoms with E-state index in [2.05, 4.69) is 16.7 Å². The zero-order valence-electron chi connectivity index (χ0n) is 11.8. The highest BCUT2D eigenvalue weighted by molar-refractivity contribution is 5.66. The molecule has 5 heteroatoms. The predicted molar refractivity (Wildman–Crippen MR) is 76.5 cm³/mol. The Bertz CT molecular complexity index is 442. The summed E-state index contributed by atoms with van der Waals surface area (Å²) in [5.41, 5.74) is 1.05. The Balaban J connectivity index is 1.82. The quantitative estimate of drug-likeness (QED) is 0.898. The number of anilines is 1. The van der Waals surface area contributed by atoms with E-state index in [0.29, 0.717) is 12.5 Å². The zero-order valence-corrected chi connectivity index (χ0v) is 11.8. The van der Waals surface area contributed by atoms with E-state index in [0.717, 1.165) is 31.9 Å². The second-order valence-electron chi connectivity index (χ2n) is 5.28. The molecule has 1 aromatic rings. The number of halogens is 1. The smallest absolute Gasteiger partial charge is 0.303 e. The van der Waals surface area contributed by atoms with Crippen molar-refractivity contribution in [2.45, 2.75) is 25.8 Å². The topological polar surface area (TPSA) is 43.8 Å². The molecule has 0 bridgehead atoms. The first-order valence-electron chi connectivity index (χ1n) is 7.02. The number of aliphatic carboxylic acids is 1. The monoisotopic (exact) mass is 280 g/mol. The summed E-state index contributed by atoms with van der Waals surface area (Å²) in [7, 11) is 0. The standard InChI is InChI=1S/C15H21FN2O2/c1-12(2-7-15(19)20)17-8-10-18(11-9-17)14-5-3-13(16)4-6-14/h3-6,12H,2,7-11H2,1H3,(H,19,20). The lowest BCUT2D eigenvalue weighted by atomic mass is 10.1. The average molecular weight is 280 g/mol. The van der Waals surface area contributed by atoms with Gasteiger partial charge in [0.15, 0.2) is 0 Å². The number of rotatable bonds is 5. The van der Waals surface area contributed by atoms with Gasteiger partial charge in [0.05, 0.1) is 0 Å². The fraction of sp³-hybridized carbons (Fsp3) is 0.533. The highest BCUT2D eigenvalue weighted by Crippen LogP contribution is 2.18. The van der Waals surface area contributed by atoms with Crippen LogP contribution in [0.25, 0.3) is 0 Å². The van der Waals surface area contributed by atoms with Crippen LogP contribution in [-0.4, -0.2) is 48.2 Å². The van der Waals surface area contributed by atoms with Crippen molar-refractivity contribution >= 4 is 11.7 Å². The second kappa shape index (κ2) is 6.70. The van der Waals surface area contributed by atoms with Gasteiger partial charge in [-0.15, -0.1) is 0 Å². The van der Waals surface area contributed by atoms with Crippen molar-refractivity contribution in [3.05, 3.63) is 30.1 Å². The maximum atomic E-state index is 12.9. The minimum absolute atomic E-state index is 0.213. The predicted octanol–water partition coefficient (Wildman–Crippen LogP) is 2.20. The number of hydrogen-bond donors (Lipinski definition) is 1. The lowest BCUT2D eigenvalue weighted by Crippen LogP contribution is -2.49. The molecule has 20 heavy (non-hydrogen) atoms. The highest BCUT2D eigenvalue weighted by atomic mass is 19.1. The van der Waals surface area contributed by atoms with E-state index in [1.54, 1.807) is 12.1 Å². The molecule has 1 heterocycles. The van der Waals surface area contributed by atoms with Crippen molar-refractivity contribution < 1.29 is 14.3 Å². The maximum absolute atomic E-state index is 12.9.